The van der Waals surface area contributed by atoms with E-state index in [1.54, 1.807) is 12.1 Å². The van der Waals surface area contributed by atoms with Crippen LogP contribution in [0.5, 0.6) is 11.5 Å². The second-order valence-electron chi connectivity index (χ2n) is 4.14. The van der Waals surface area contributed by atoms with E-state index in [0.717, 1.165) is 16.8 Å². The highest BCUT2D eigenvalue weighted by atomic mass is 79.9. The van der Waals surface area contributed by atoms with Gasteiger partial charge in [-0.1, -0.05) is 6.07 Å². The molecule has 0 aliphatic rings. The van der Waals surface area contributed by atoms with Crippen molar-refractivity contribution in [3.8, 4) is 11.5 Å². The number of anilines is 1. The maximum absolute atomic E-state index is 9.43. The lowest BCUT2D eigenvalue weighted by molar-refractivity contribution is 0.471. The van der Waals surface area contributed by atoms with Crippen LogP contribution in [0.25, 0.3) is 0 Å². The first-order valence-corrected chi connectivity index (χ1v) is 6.36. The molecule has 2 rings (SSSR count). The third-order valence-corrected chi connectivity index (χ3v) is 3.34. The first-order chi connectivity index (χ1) is 8.56. The highest BCUT2D eigenvalue weighted by Crippen LogP contribution is 2.25. The molecule has 3 N–H and O–H groups in total. The van der Waals surface area contributed by atoms with Crippen LogP contribution in [0.15, 0.2) is 40.9 Å². The van der Waals surface area contributed by atoms with E-state index >= 15 is 0 Å². The molecule has 0 saturated carbocycles. The second kappa shape index (κ2) is 5.31. The van der Waals surface area contributed by atoms with Crippen molar-refractivity contribution in [3.05, 3.63) is 52.0 Å². The molecule has 0 aromatic heterocycles. The summed E-state index contributed by atoms with van der Waals surface area (Å²) in [4.78, 5) is 0. The fourth-order valence-corrected chi connectivity index (χ4v) is 2.06. The van der Waals surface area contributed by atoms with Crippen molar-refractivity contribution >= 4 is 21.6 Å². The molecule has 0 spiro atoms. The molecule has 0 aliphatic heterocycles. The van der Waals surface area contributed by atoms with Crippen LogP contribution in [0.3, 0.4) is 0 Å². The lowest BCUT2D eigenvalue weighted by atomic mass is 10.2. The van der Waals surface area contributed by atoms with Crippen LogP contribution in [0.4, 0.5) is 5.69 Å². The number of nitrogens with one attached hydrogen (secondary N) is 1. The highest BCUT2D eigenvalue weighted by molar-refractivity contribution is 9.10. The molecule has 0 amide bonds. The van der Waals surface area contributed by atoms with E-state index in [2.05, 4.69) is 21.2 Å². The quantitative estimate of drug-likeness (QED) is 0.756. The molecular weight excluding hydrogens is 294 g/mol. The summed E-state index contributed by atoms with van der Waals surface area (Å²) < 4.78 is 0.684. The van der Waals surface area contributed by atoms with Gasteiger partial charge in [-0.05, 0) is 64.3 Å². The smallest absolute Gasteiger partial charge is 0.129 e. The van der Waals surface area contributed by atoms with Crippen LogP contribution < -0.4 is 5.32 Å². The summed E-state index contributed by atoms with van der Waals surface area (Å²) in [5.41, 5.74) is 2.85. The van der Waals surface area contributed by atoms with Crippen LogP contribution in [-0.2, 0) is 6.54 Å². The van der Waals surface area contributed by atoms with Gasteiger partial charge in [0, 0.05) is 12.2 Å². The first-order valence-electron chi connectivity index (χ1n) is 5.57. The molecule has 0 unspecified atom stereocenters. The van der Waals surface area contributed by atoms with E-state index in [1.165, 1.54) is 0 Å². The summed E-state index contributed by atoms with van der Waals surface area (Å²) in [5, 5.41) is 22.1. The van der Waals surface area contributed by atoms with Crippen LogP contribution in [-0.4, -0.2) is 10.2 Å². The Bertz CT molecular complexity index is 518. The molecule has 3 nitrogen and oxygen atoms in total. The van der Waals surface area contributed by atoms with Gasteiger partial charge >= 0.3 is 0 Å². The largest absolute Gasteiger partial charge is 0.508 e. The highest BCUT2D eigenvalue weighted by Gasteiger charge is 2.01. The van der Waals surface area contributed by atoms with Gasteiger partial charge in [-0.2, -0.15) is 0 Å². The third-order valence-electron chi connectivity index (χ3n) is 2.71. The Labute approximate surface area is 114 Å². The van der Waals surface area contributed by atoms with Gasteiger partial charge in [-0.3, -0.25) is 0 Å². The van der Waals surface area contributed by atoms with E-state index in [1.807, 2.05) is 31.2 Å². The number of benzene rings is 2. The third kappa shape index (κ3) is 2.96. The number of hydrogen-bond donors (Lipinski definition) is 3. The van der Waals surface area contributed by atoms with E-state index in [0.29, 0.717) is 16.8 Å². The minimum Gasteiger partial charge on any atom is -0.508 e. The summed E-state index contributed by atoms with van der Waals surface area (Å²) in [6.07, 6.45) is 0. The molecule has 0 atom stereocenters. The maximum Gasteiger partial charge on any atom is 0.129 e. The topological polar surface area (TPSA) is 52.5 Å². The van der Waals surface area contributed by atoms with Gasteiger partial charge in [-0.15, -0.1) is 0 Å². The Hall–Kier alpha value is -1.68. The van der Waals surface area contributed by atoms with Crippen LogP contribution in [0.1, 0.15) is 11.1 Å². The summed E-state index contributed by atoms with van der Waals surface area (Å²) in [5.74, 6) is 0.534. The van der Waals surface area contributed by atoms with E-state index in [-0.39, 0.29) is 5.75 Å². The number of aromatic hydroxyl groups is 2. The Morgan fingerprint density at radius 1 is 1.06 bits per heavy atom. The first kappa shape index (κ1) is 12.8. The standard InChI is InChI=1S/C14H14BrNO2/c1-9-6-11(3-5-13(9)17)16-8-10-2-4-14(18)12(15)7-10/h2-7,16-18H,8H2,1H3. The fourth-order valence-electron chi connectivity index (χ4n) is 1.63. The maximum atomic E-state index is 9.43. The average Bonchev–Trinajstić information content (AvgIpc) is 2.35. The van der Waals surface area contributed by atoms with Gasteiger partial charge in [0.05, 0.1) is 4.47 Å². The molecule has 18 heavy (non-hydrogen) atoms. The molecule has 2 aromatic carbocycles. The second-order valence-corrected chi connectivity index (χ2v) is 4.99. The lowest BCUT2D eigenvalue weighted by Crippen LogP contribution is -1.99. The minimum atomic E-state index is 0.235. The Morgan fingerprint density at radius 2 is 1.78 bits per heavy atom. The molecule has 4 heteroatoms. The molecule has 0 bridgehead atoms. The van der Waals surface area contributed by atoms with Crippen molar-refractivity contribution in [1.82, 2.24) is 0 Å². The molecule has 0 fully saturated rings. The molecule has 0 radical (unpaired) electrons. The molecule has 0 aliphatic carbocycles. The number of phenols is 2. The van der Waals surface area contributed by atoms with Gasteiger partial charge in [0.25, 0.3) is 0 Å². The van der Waals surface area contributed by atoms with Crippen molar-refractivity contribution in [1.29, 1.82) is 0 Å². The monoisotopic (exact) mass is 307 g/mol. The Morgan fingerprint density at radius 3 is 2.44 bits per heavy atom. The van der Waals surface area contributed by atoms with Gasteiger partial charge in [0.1, 0.15) is 11.5 Å². The van der Waals surface area contributed by atoms with Gasteiger partial charge in [0.15, 0.2) is 0 Å². The molecular formula is C14H14BrNO2. The minimum absolute atomic E-state index is 0.235. The zero-order chi connectivity index (χ0) is 13.1. The predicted molar refractivity (Wildman–Crippen MR) is 76.0 cm³/mol. The van der Waals surface area contributed by atoms with Crippen molar-refractivity contribution in [2.24, 2.45) is 0 Å². The normalized spacial score (nSPS) is 10.3. The number of hydrogen-bond acceptors (Lipinski definition) is 3. The Balaban J connectivity index is 2.06. The number of phenolic OH excluding ortho intramolecular Hbond substituents is 2. The van der Waals surface area contributed by atoms with Crippen LogP contribution in [0.2, 0.25) is 0 Å². The molecule has 0 heterocycles. The molecule has 2 aromatic rings. The van der Waals surface area contributed by atoms with E-state index in [9.17, 15) is 10.2 Å². The number of halogens is 1. The Kier molecular flexibility index (Phi) is 3.77. The molecule has 0 saturated heterocycles. The van der Waals surface area contributed by atoms with E-state index < -0.39 is 0 Å². The number of rotatable bonds is 3. The summed E-state index contributed by atoms with van der Waals surface area (Å²) in [6, 6.07) is 10.8. The zero-order valence-corrected chi connectivity index (χ0v) is 11.5. The van der Waals surface area contributed by atoms with Crippen molar-refractivity contribution in [2.45, 2.75) is 13.5 Å². The summed E-state index contributed by atoms with van der Waals surface area (Å²) in [6.45, 7) is 2.51. The van der Waals surface area contributed by atoms with Crippen molar-refractivity contribution in [2.75, 3.05) is 5.32 Å². The fraction of sp³-hybridized carbons (Fsp3) is 0.143. The van der Waals surface area contributed by atoms with Gasteiger partial charge < -0.3 is 15.5 Å². The average molecular weight is 308 g/mol. The van der Waals surface area contributed by atoms with E-state index in [4.69, 9.17) is 0 Å². The molecule has 94 valence electrons. The van der Waals surface area contributed by atoms with Crippen LogP contribution >= 0.6 is 15.9 Å². The number of aryl methyl sites for hydroxylation is 1. The predicted octanol–water partition coefficient (Wildman–Crippen LogP) is 3.78. The summed E-state index contributed by atoms with van der Waals surface area (Å²) >= 11 is 3.28. The zero-order valence-electron chi connectivity index (χ0n) is 9.94. The SMILES string of the molecule is Cc1cc(NCc2ccc(O)c(Br)c2)ccc1O. The summed E-state index contributed by atoms with van der Waals surface area (Å²) in [7, 11) is 0. The van der Waals surface area contributed by atoms with Gasteiger partial charge in [-0.25, -0.2) is 0 Å². The van der Waals surface area contributed by atoms with Crippen molar-refractivity contribution in [3.63, 3.8) is 0 Å². The lowest BCUT2D eigenvalue weighted by Gasteiger charge is -2.09. The van der Waals surface area contributed by atoms with Gasteiger partial charge in [0.2, 0.25) is 0 Å². The van der Waals surface area contributed by atoms with Crippen LogP contribution in [0, 0.1) is 6.92 Å². The van der Waals surface area contributed by atoms with Crippen molar-refractivity contribution < 1.29 is 10.2 Å².